The number of sulfonamides is 1. The van der Waals surface area contributed by atoms with Crippen LogP contribution in [0.25, 0.3) is 4.85 Å². The van der Waals surface area contributed by atoms with Crippen LogP contribution in [0.2, 0.25) is 0 Å². The summed E-state index contributed by atoms with van der Waals surface area (Å²) in [6.07, 6.45) is 0. The summed E-state index contributed by atoms with van der Waals surface area (Å²) < 4.78 is 65.9. The first kappa shape index (κ1) is 26.4. The lowest BCUT2D eigenvalue weighted by Crippen LogP contribution is -2.61. The number of carbonyl (C=O) groups is 1. The maximum Gasteiger partial charge on any atom is 0.246 e. The zero-order chi connectivity index (χ0) is 25.2. The summed E-state index contributed by atoms with van der Waals surface area (Å²) in [6, 6.07) is 8.51. The Morgan fingerprint density at radius 2 is 1.61 bits per heavy atom. The fourth-order valence-corrected chi connectivity index (χ4v) is 5.66. The molecule has 0 radical (unpaired) electrons. The number of sulfone groups is 1. The van der Waals surface area contributed by atoms with Gasteiger partial charge in [-0.1, -0.05) is 6.07 Å². The molecule has 0 saturated heterocycles. The zero-order valence-corrected chi connectivity index (χ0v) is 20.6. The first-order chi connectivity index (χ1) is 15.0. The van der Waals surface area contributed by atoms with Gasteiger partial charge in [-0.2, -0.15) is 4.72 Å². The number of halogens is 1. The number of anilines is 1. The highest BCUT2D eigenvalue weighted by molar-refractivity contribution is 7.92. The van der Waals surface area contributed by atoms with E-state index in [0.29, 0.717) is 11.3 Å². The third kappa shape index (κ3) is 6.16. The van der Waals surface area contributed by atoms with Crippen LogP contribution in [0.3, 0.4) is 0 Å². The minimum Gasteiger partial charge on any atom is -0.325 e. The minimum absolute atomic E-state index is 0.255. The van der Waals surface area contributed by atoms with Crippen LogP contribution in [0.1, 0.15) is 33.3 Å². The van der Waals surface area contributed by atoms with E-state index in [1.807, 2.05) is 0 Å². The van der Waals surface area contributed by atoms with Crippen molar-refractivity contribution in [2.24, 2.45) is 0 Å². The van der Waals surface area contributed by atoms with E-state index in [9.17, 15) is 26.0 Å². The molecule has 11 heteroatoms. The summed E-state index contributed by atoms with van der Waals surface area (Å²) in [7, 11) is -8.35. The molecule has 1 atom stereocenters. The molecule has 8 nitrogen and oxygen atoms in total. The normalized spacial score (nSPS) is 14.2. The average molecular weight is 496 g/mol. The van der Waals surface area contributed by atoms with Gasteiger partial charge in [0.1, 0.15) is 11.4 Å². The minimum atomic E-state index is -4.20. The van der Waals surface area contributed by atoms with Crippen molar-refractivity contribution in [2.75, 3.05) is 11.1 Å². The van der Waals surface area contributed by atoms with E-state index in [2.05, 4.69) is 14.9 Å². The van der Waals surface area contributed by atoms with Gasteiger partial charge in [0.25, 0.3) is 0 Å². The molecule has 0 aliphatic carbocycles. The molecule has 33 heavy (non-hydrogen) atoms. The summed E-state index contributed by atoms with van der Waals surface area (Å²) in [5.41, 5.74) is -0.877. The fraction of sp³-hybridized carbons (Fsp3) is 0.364. The lowest BCUT2D eigenvalue weighted by molar-refractivity contribution is -0.120. The number of nitrogens with zero attached hydrogens (tertiary/aromatic N) is 1. The van der Waals surface area contributed by atoms with Gasteiger partial charge in [0, 0.05) is 5.69 Å². The van der Waals surface area contributed by atoms with Crippen molar-refractivity contribution < 1.29 is 26.0 Å². The van der Waals surface area contributed by atoms with E-state index >= 15 is 0 Å². The molecule has 0 bridgehead atoms. The number of carbonyl (C=O) groups excluding carboxylic acids is 1. The molecule has 0 aliphatic rings. The molecule has 2 aromatic rings. The maximum absolute atomic E-state index is 13.3. The SMILES string of the molecule is [C-]#[N+]c1ccc(NC(=O)[C@](C)(CS(=O)(=O)c2ccc(F)cc2)NS(=O)(=O)C(C)(C)C)cc1C. The zero-order valence-electron chi connectivity index (χ0n) is 18.9. The monoisotopic (exact) mass is 495 g/mol. The molecule has 178 valence electrons. The van der Waals surface area contributed by atoms with Gasteiger partial charge in [-0.05, 0) is 76.6 Å². The molecular weight excluding hydrogens is 469 g/mol. The molecule has 2 rings (SSSR count). The molecular formula is C22H26FN3O5S2. The van der Waals surface area contributed by atoms with Crippen molar-refractivity contribution in [2.45, 2.75) is 49.8 Å². The van der Waals surface area contributed by atoms with Crippen LogP contribution in [-0.2, 0) is 24.7 Å². The van der Waals surface area contributed by atoms with Crippen LogP contribution in [0, 0.1) is 19.3 Å². The lowest BCUT2D eigenvalue weighted by atomic mass is 10.1. The van der Waals surface area contributed by atoms with Crippen molar-refractivity contribution in [3.63, 3.8) is 0 Å². The van der Waals surface area contributed by atoms with E-state index in [1.165, 1.54) is 45.9 Å². The van der Waals surface area contributed by atoms with Crippen molar-refractivity contribution in [3.8, 4) is 0 Å². The molecule has 0 saturated carbocycles. The Hall–Kier alpha value is -2.81. The fourth-order valence-electron chi connectivity index (χ4n) is 2.82. The van der Waals surface area contributed by atoms with Gasteiger partial charge in [0.2, 0.25) is 15.9 Å². The van der Waals surface area contributed by atoms with Crippen LogP contribution >= 0.6 is 0 Å². The Kier molecular flexibility index (Phi) is 7.38. The standard InChI is InChI=1S/C22H26FN3O5S2/c1-15-13-17(9-12-19(15)24-6)25-20(27)22(5,26-33(30,31)21(2,3)4)14-32(28,29)18-10-7-16(23)8-11-18/h7-13,26H,14H2,1-5H3,(H,25,27)/t22-/m0/s1. The molecule has 2 N–H and O–H groups in total. The number of amides is 1. The van der Waals surface area contributed by atoms with Crippen LogP contribution < -0.4 is 10.0 Å². The summed E-state index contributed by atoms with van der Waals surface area (Å²) in [5, 5.41) is 2.54. The third-order valence-electron chi connectivity index (χ3n) is 4.89. The Bertz CT molecular complexity index is 1310. The number of hydrogen-bond donors (Lipinski definition) is 2. The van der Waals surface area contributed by atoms with E-state index in [-0.39, 0.29) is 10.6 Å². The van der Waals surface area contributed by atoms with E-state index in [4.69, 9.17) is 6.57 Å². The second-order valence-electron chi connectivity index (χ2n) is 8.83. The Labute approximate surface area is 194 Å². The van der Waals surface area contributed by atoms with E-state index in [0.717, 1.165) is 24.3 Å². The summed E-state index contributed by atoms with van der Waals surface area (Å²) in [5.74, 6) is -2.46. The highest BCUT2D eigenvalue weighted by atomic mass is 32.2. The Morgan fingerprint density at radius 1 is 1.03 bits per heavy atom. The van der Waals surface area contributed by atoms with Gasteiger partial charge >= 0.3 is 0 Å². The molecule has 2 aromatic carbocycles. The number of nitrogens with one attached hydrogen (secondary N) is 2. The number of aryl methyl sites for hydroxylation is 1. The van der Waals surface area contributed by atoms with Crippen LogP contribution in [0.15, 0.2) is 47.4 Å². The highest BCUT2D eigenvalue weighted by Gasteiger charge is 2.45. The van der Waals surface area contributed by atoms with E-state index < -0.39 is 47.6 Å². The van der Waals surface area contributed by atoms with Crippen LogP contribution in [-0.4, -0.2) is 38.8 Å². The molecule has 0 aromatic heterocycles. The van der Waals surface area contributed by atoms with Crippen LogP contribution in [0.5, 0.6) is 0 Å². The van der Waals surface area contributed by atoms with Crippen molar-refractivity contribution in [1.82, 2.24) is 4.72 Å². The maximum atomic E-state index is 13.3. The number of rotatable bonds is 7. The van der Waals surface area contributed by atoms with Gasteiger partial charge in [-0.15, -0.1) is 0 Å². The Balaban J connectivity index is 2.50. The summed E-state index contributed by atoms with van der Waals surface area (Å²) >= 11 is 0. The second kappa shape index (κ2) is 9.21. The molecule has 0 aliphatic heterocycles. The average Bonchev–Trinajstić information content (AvgIpc) is 2.66. The number of benzene rings is 2. The van der Waals surface area contributed by atoms with Gasteiger partial charge in [0.15, 0.2) is 15.5 Å². The van der Waals surface area contributed by atoms with Gasteiger partial charge in [-0.3, -0.25) is 4.79 Å². The first-order valence-electron chi connectivity index (χ1n) is 9.82. The first-order valence-corrected chi connectivity index (χ1v) is 13.0. The highest BCUT2D eigenvalue weighted by Crippen LogP contribution is 2.26. The molecule has 0 unspecified atom stereocenters. The second-order valence-corrected chi connectivity index (χ2v) is 13.3. The largest absolute Gasteiger partial charge is 0.325 e. The summed E-state index contributed by atoms with van der Waals surface area (Å²) in [4.78, 5) is 16.3. The predicted octanol–water partition coefficient (Wildman–Crippen LogP) is 3.57. The lowest BCUT2D eigenvalue weighted by Gasteiger charge is -2.32. The van der Waals surface area contributed by atoms with E-state index in [1.54, 1.807) is 6.92 Å². The molecule has 0 heterocycles. The molecule has 1 amide bonds. The molecule has 0 fully saturated rings. The van der Waals surface area contributed by atoms with Gasteiger partial charge in [0.05, 0.1) is 22.0 Å². The number of hydrogen-bond acceptors (Lipinski definition) is 5. The predicted molar refractivity (Wildman–Crippen MR) is 125 cm³/mol. The van der Waals surface area contributed by atoms with Crippen LogP contribution in [0.4, 0.5) is 15.8 Å². The van der Waals surface area contributed by atoms with Gasteiger partial charge in [-0.25, -0.2) is 26.1 Å². The van der Waals surface area contributed by atoms with Crippen molar-refractivity contribution >= 4 is 37.1 Å². The quantitative estimate of drug-likeness (QED) is 0.450. The smallest absolute Gasteiger partial charge is 0.246 e. The van der Waals surface area contributed by atoms with Gasteiger partial charge < -0.3 is 5.32 Å². The summed E-state index contributed by atoms with van der Waals surface area (Å²) in [6.45, 7) is 14.2. The topological polar surface area (TPSA) is 114 Å². The molecule has 0 spiro atoms. The van der Waals surface area contributed by atoms with Crippen molar-refractivity contribution in [3.05, 3.63) is 65.3 Å². The Morgan fingerprint density at radius 3 is 2.09 bits per heavy atom. The van der Waals surface area contributed by atoms with Crippen molar-refractivity contribution in [1.29, 1.82) is 0 Å². The third-order valence-corrected chi connectivity index (χ3v) is 9.17.